The average molecular weight is 269 g/mol. The number of amides is 1. The van der Waals surface area contributed by atoms with Crippen LogP contribution in [0.3, 0.4) is 0 Å². The van der Waals surface area contributed by atoms with E-state index in [4.69, 9.17) is 5.11 Å². The second-order valence-corrected chi connectivity index (χ2v) is 4.27. The molecule has 1 aromatic carbocycles. The number of aromatic nitrogens is 2. The molecule has 1 amide bonds. The Morgan fingerprint density at radius 3 is 2.80 bits per heavy atom. The lowest BCUT2D eigenvalue weighted by Crippen LogP contribution is -2.14. The summed E-state index contributed by atoms with van der Waals surface area (Å²) in [5.74, 6) is 5.07. The SMILES string of the molecule is Cc1n[nH]c(C)c1NC(=O)c1ccccc1C#CCO. The number of H-pyrrole nitrogens is 1. The van der Waals surface area contributed by atoms with Crippen molar-refractivity contribution in [3.8, 4) is 11.8 Å². The van der Waals surface area contributed by atoms with Crippen LogP contribution in [-0.2, 0) is 0 Å². The van der Waals surface area contributed by atoms with Gasteiger partial charge in [0.05, 0.1) is 22.6 Å². The van der Waals surface area contributed by atoms with Crippen LogP contribution in [0.1, 0.15) is 27.3 Å². The van der Waals surface area contributed by atoms with E-state index < -0.39 is 0 Å². The summed E-state index contributed by atoms with van der Waals surface area (Å²) >= 11 is 0. The average Bonchev–Trinajstić information content (AvgIpc) is 2.77. The molecule has 0 bridgehead atoms. The van der Waals surface area contributed by atoms with E-state index in [1.165, 1.54) is 0 Å². The maximum absolute atomic E-state index is 12.3. The van der Waals surface area contributed by atoms with E-state index in [1.54, 1.807) is 24.3 Å². The number of carbonyl (C=O) groups excluding carboxylic acids is 1. The number of nitrogens with one attached hydrogen (secondary N) is 2. The van der Waals surface area contributed by atoms with E-state index in [0.29, 0.717) is 16.8 Å². The number of aliphatic hydroxyl groups is 1. The number of benzene rings is 1. The number of nitrogens with zero attached hydrogens (tertiary/aromatic N) is 1. The lowest BCUT2D eigenvalue weighted by atomic mass is 10.1. The Balaban J connectivity index is 2.30. The number of aryl methyl sites for hydroxylation is 2. The Morgan fingerprint density at radius 1 is 1.40 bits per heavy atom. The van der Waals surface area contributed by atoms with Gasteiger partial charge in [0.15, 0.2) is 0 Å². The number of anilines is 1. The summed E-state index contributed by atoms with van der Waals surface area (Å²) in [6, 6.07) is 7.01. The zero-order valence-electron chi connectivity index (χ0n) is 11.3. The number of carbonyl (C=O) groups is 1. The molecule has 5 nitrogen and oxygen atoms in total. The van der Waals surface area contributed by atoms with Gasteiger partial charge in [0.25, 0.3) is 5.91 Å². The number of hydrogen-bond donors (Lipinski definition) is 3. The molecule has 0 atom stereocenters. The van der Waals surface area contributed by atoms with Crippen LogP contribution in [0.15, 0.2) is 24.3 Å². The molecule has 102 valence electrons. The van der Waals surface area contributed by atoms with Crippen molar-refractivity contribution in [2.45, 2.75) is 13.8 Å². The molecule has 20 heavy (non-hydrogen) atoms. The van der Waals surface area contributed by atoms with Gasteiger partial charge in [-0.2, -0.15) is 5.10 Å². The molecule has 5 heteroatoms. The van der Waals surface area contributed by atoms with Crippen LogP contribution in [0.5, 0.6) is 0 Å². The first-order chi connectivity index (χ1) is 9.63. The van der Waals surface area contributed by atoms with Gasteiger partial charge in [0.1, 0.15) is 6.61 Å². The third-order valence-corrected chi connectivity index (χ3v) is 2.84. The number of aliphatic hydroxyl groups excluding tert-OH is 1. The maximum Gasteiger partial charge on any atom is 0.257 e. The summed E-state index contributed by atoms with van der Waals surface area (Å²) in [6.45, 7) is 3.42. The van der Waals surface area contributed by atoms with Crippen LogP contribution in [0.25, 0.3) is 0 Å². The van der Waals surface area contributed by atoms with Gasteiger partial charge in [-0.05, 0) is 26.0 Å². The van der Waals surface area contributed by atoms with E-state index >= 15 is 0 Å². The van der Waals surface area contributed by atoms with E-state index in [9.17, 15) is 4.79 Å². The standard InChI is InChI=1S/C15H15N3O2/c1-10-14(11(2)18-17-10)16-15(20)13-8-4-3-6-12(13)7-5-9-19/h3-4,6,8,19H,9H2,1-2H3,(H,16,20)(H,17,18). The van der Waals surface area contributed by atoms with Gasteiger partial charge in [0, 0.05) is 5.56 Å². The van der Waals surface area contributed by atoms with Crippen molar-refractivity contribution in [1.29, 1.82) is 0 Å². The van der Waals surface area contributed by atoms with Crippen LogP contribution < -0.4 is 5.32 Å². The molecule has 3 N–H and O–H groups in total. The highest BCUT2D eigenvalue weighted by atomic mass is 16.2. The smallest absolute Gasteiger partial charge is 0.257 e. The van der Waals surface area contributed by atoms with Crippen LogP contribution in [0, 0.1) is 25.7 Å². The molecule has 0 aliphatic carbocycles. The van der Waals surface area contributed by atoms with Crippen LogP contribution in [0.4, 0.5) is 5.69 Å². The second-order valence-electron chi connectivity index (χ2n) is 4.27. The van der Waals surface area contributed by atoms with Gasteiger partial charge in [-0.15, -0.1) is 0 Å². The van der Waals surface area contributed by atoms with Crippen molar-refractivity contribution in [3.05, 3.63) is 46.8 Å². The fourth-order valence-corrected chi connectivity index (χ4v) is 1.84. The molecule has 0 fully saturated rings. The minimum atomic E-state index is -0.250. The third-order valence-electron chi connectivity index (χ3n) is 2.84. The van der Waals surface area contributed by atoms with Crippen molar-refractivity contribution in [1.82, 2.24) is 10.2 Å². The van der Waals surface area contributed by atoms with E-state index in [2.05, 4.69) is 27.4 Å². The highest BCUT2D eigenvalue weighted by Crippen LogP contribution is 2.18. The summed E-state index contributed by atoms with van der Waals surface area (Å²) < 4.78 is 0. The Morgan fingerprint density at radius 2 is 2.15 bits per heavy atom. The Hall–Kier alpha value is -2.58. The topological polar surface area (TPSA) is 78.0 Å². The molecule has 0 spiro atoms. The summed E-state index contributed by atoms with van der Waals surface area (Å²) in [5, 5.41) is 18.4. The van der Waals surface area contributed by atoms with Crippen LogP contribution in [-0.4, -0.2) is 27.8 Å². The first-order valence-corrected chi connectivity index (χ1v) is 6.15. The van der Waals surface area contributed by atoms with Crippen molar-refractivity contribution in [3.63, 3.8) is 0 Å². The second kappa shape index (κ2) is 6.04. The van der Waals surface area contributed by atoms with Crippen LogP contribution in [0.2, 0.25) is 0 Å². The fourth-order valence-electron chi connectivity index (χ4n) is 1.84. The van der Waals surface area contributed by atoms with E-state index in [-0.39, 0.29) is 12.5 Å². The fraction of sp³-hybridized carbons (Fsp3) is 0.200. The number of rotatable bonds is 2. The van der Waals surface area contributed by atoms with Gasteiger partial charge in [-0.25, -0.2) is 0 Å². The highest BCUT2D eigenvalue weighted by molar-refractivity contribution is 6.06. The van der Waals surface area contributed by atoms with E-state index in [0.717, 1.165) is 11.4 Å². The summed E-state index contributed by atoms with van der Waals surface area (Å²) in [4.78, 5) is 12.3. The molecule has 0 unspecified atom stereocenters. The Kier molecular flexibility index (Phi) is 4.18. The van der Waals surface area contributed by atoms with E-state index in [1.807, 2.05) is 13.8 Å². The lowest BCUT2D eigenvalue weighted by molar-refractivity contribution is 0.102. The summed E-state index contributed by atoms with van der Waals surface area (Å²) in [6.07, 6.45) is 0. The molecular formula is C15H15N3O2. The van der Waals surface area contributed by atoms with Crippen molar-refractivity contribution in [2.24, 2.45) is 0 Å². The molecule has 1 aromatic heterocycles. The molecule has 0 aliphatic rings. The third kappa shape index (κ3) is 2.87. The van der Waals surface area contributed by atoms with Crippen LogP contribution >= 0.6 is 0 Å². The molecule has 0 radical (unpaired) electrons. The van der Waals surface area contributed by atoms with Gasteiger partial charge >= 0.3 is 0 Å². The predicted molar refractivity (Wildman–Crippen MR) is 76.4 cm³/mol. The first-order valence-electron chi connectivity index (χ1n) is 6.15. The Bertz CT molecular complexity index is 673. The normalized spacial score (nSPS) is 9.75. The largest absolute Gasteiger partial charge is 0.384 e. The number of aromatic amines is 1. The molecule has 0 aliphatic heterocycles. The van der Waals surface area contributed by atoms with Crippen molar-refractivity contribution >= 4 is 11.6 Å². The first kappa shape index (κ1) is 13.8. The lowest BCUT2D eigenvalue weighted by Gasteiger charge is -2.07. The molecule has 2 rings (SSSR count). The van der Waals surface area contributed by atoms with Gasteiger partial charge < -0.3 is 10.4 Å². The molecule has 0 saturated heterocycles. The Labute approximate surface area is 117 Å². The van der Waals surface area contributed by atoms with Crippen molar-refractivity contribution < 1.29 is 9.90 Å². The van der Waals surface area contributed by atoms with Gasteiger partial charge in [-0.1, -0.05) is 24.0 Å². The minimum absolute atomic E-state index is 0.240. The summed E-state index contributed by atoms with van der Waals surface area (Å²) in [5.41, 5.74) is 3.26. The van der Waals surface area contributed by atoms with Crippen molar-refractivity contribution in [2.75, 3.05) is 11.9 Å². The minimum Gasteiger partial charge on any atom is -0.384 e. The monoisotopic (exact) mass is 269 g/mol. The van der Waals surface area contributed by atoms with Gasteiger partial charge in [-0.3, -0.25) is 9.89 Å². The molecule has 2 aromatic rings. The highest BCUT2D eigenvalue weighted by Gasteiger charge is 2.14. The summed E-state index contributed by atoms with van der Waals surface area (Å²) in [7, 11) is 0. The maximum atomic E-state index is 12.3. The molecule has 0 saturated carbocycles. The zero-order valence-corrected chi connectivity index (χ0v) is 11.3. The van der Waals surface area contributed by atoms with Gasteiger partial charge in [0.2, 0.25) is 0 Å². The molecular weight excluding hydrogens is 254 g/mol. The molecule has 1 heterocycles. The zero-order chi connectivity index (χ0) is 14.5. The predicted octanol–water partition coefficient (Wildman–Crippen LogP) is 1.62. The quantitative estimate of drug-likeness (QED) is 0.725. The number of hydrogen-bond acceptors (Lipinski definition) is 3.